The Morgan fingerprint density at radius 3 is 2.44 bits per heavy atom. The van der Waals surface area contributed by atoms with E-state index < -0.39 is 18.0 Å². The lowest BCUT2D eigenvalue weighted by Crippen LogP contribution is -2.30. The van der Waals surface area contributed by atoms with Gasteiger partial charge in [-0.2, -0.15) is 0 Å². The van der Waals surface area contributed by atoms with Crippen molar-refractivity contribution in [3.8, 4) is 5.75 Å². The molecule has 2 rings (SSSR count). The highest BCUT2D eigenvalue weighted by Crippen LogP contribution is 2.16. The molecule has 0 aromatic heterocycles. The third-order valence-electron chi connectivity index (χ3n) is 3.48. The molecular formula is C19H21NO5. The second-order valence-electron chi connectivity index (χ2n) is 5.40. The summed E-state index contributed by atoms with van der Waals surface area (Å²) in [6.07, 6.45) is -0.930. The summed E-state index contributed by atoms with van der Waals surface area (Å²) in [4.78, 5) is 24.4. The minimum absolute atomic E-state index is 0.374. The molecule has 0 fully saturated rings. The fourth-order valence-electron chi connectivity index (χ4n) is 2.16. The third-order valence-corrected chi connectivity index (χ3v) is 3.48. The van der Waals surface area contributed by atoms with Gasteiger partial charge in [-0.15, -0.1) is 0 Å². The van der Waals surface area contributed by atoms with Crippen LogP contribution in [0.4, 0.5) is 5.69 Å². The molecular weight excluding hydrogens is 322 g/mol. The smallest absolute Gasteiger partial charge is 0.338 e. The number of ether oxygens (including phenoxy) is 3. The summed E-state index contributed by atoms with van der Waals surface area (Å²) in [5, 5.41) is 2.69. The van der Waals surface area contributed by atoms with Crippen molar-refractivity contribution in [1.29, 1.82) is 0 Å². The molecule has 0 spiro atoms. The second kappa shape index (κ2) is 8.84. The van der Waals surface area contributed by atoms with Crippen LogP contribution in [-0.4, -0.2) is 32.2 Å². The van der Waals surface area contributed by atoms with Gasteiger partial charge in [0.1, 0.15) is 5.75 Å². The van der Waals surface area contributed by atoms with Crippen LogP contribution in [0.3, 0.4) is 0 Å². The molecule has 1 amide bonds. The summed E-state index contributed by atoms with van der Waals surface area (Å²) in [5.41, 5.74) is 1.82. The van der Waals surface area contributed by atoms with E-state index in [4.69, 9.17) is 14.2 Å². The van der Waals surface area contributed by atoms with Crippen LogP contribution < -0.4 is 10.1 Å². The maximum absolute atomic E-state index is 12.2. The highest BCUT2D eigenvalue weighted by atomic mass is 16.5. The first-order chi connectivity index (χ1) is 12.0. The maximum atomic E-state index is 12.2. The SMILES string of the molecule is COCc1cccc(C(=O)O[C@@H](C)C(=O)Nc2ccc(OC)cc2)c1. The fraction of sp³-hybridized carbons (Fsp3) is 0.263. The Bertz CT molecular complexity index is 727. The van der Waals surface area contributed by atoms with E-state index in [1.165, 1.54) is 6.92 Å². The van der Waals surface area contributed by atoms with Gasteiger partial charge in [0.15, 0.2) is 6.10 Å². The lowest BCUT2D eigenvalue weighted by molar-refractivity contribution is -0.123. The van der Waals surface area contributed by atoms with Crippen molar-refractivity contribution >= 4 is 17.6 Å². The Balaban J connectivity index is 1.95. The summed E-state index contributed by atoms with van der Waals surface area (Å²) in [5.74, 6) is -0.282. The number of rotatable bonds is 7. The zero-order valence-electron chi connectivity index (χ0n) is 14.4. The number of nitrogens with one attached hydrogen (secondary N) is 1. The maximum Gasteiger partial charge on any atom is 0.338 e. The number of hydrogen-bond donors (Lipinski definition) is 1. The summed E-state index contributed by atoms with van der Waals surface area (Å²) >= 11 is 0. The van der Waals surface area contributed by atoms with Crippen LogP contribution in [0.1, 0.15) is 22.8 Å². The Morgan fingerprint density at radius 1 is 1.08 bits per heavy atom. The molecule has 1 atom stereocenters. The molecule has 0 saturated carbocycles. The number of amides is 1. The summed E-state index contributed by atoms with van der Waals surface area (Å²) in [6, 6.07) is 13.8. The predicted octanol–water partition coefficient (Wildman–Crippen LogP) is 3.03. The van der Waals surface area contributed by atoms with Crippen LogP contribution in [0.5, 0.6) is 5.75 Å². The van der Waals surface area contributed by atoms with Gasteiger partial charge in [-0.3, -0.25) is 4.79 Å². The lowest BCUT2D eigenvalue weighted by Gasteiger charge is -2.14. The van der Waals surface area contributed by atoms with Gasteiger partial charge in [0.2, 0.25) is 0 Å². The molecule has 132 valence electrons. The molecule has 0 radical (unpaired) electrons. The largest absolute Gasteiger partial charge is 0.497 e. The van der Waals surface area contributed by atoms with Crippen LogP contribution in [0.25, 0.3) is 0 Å². The average molecular weight is 343 g/mol. The molecule has 0 unspecified atom stereocenters. The molecule has 0 heterocycles. The van der Waals surface area contributed by atoms with E-state index in [9.17, 15) is 9.59 Å². The van der Waals surface area contributed by atoms with Crippen molar-refractivity contribution in [1.82, 2.24) is 0 Å². The van der Waals surface area contributed by atoms with Crippen molar-refractivity contribution < 1.29 is 23.8 Å². The van der Waals surface area contributed by atoms with E-state index >= 15 is 0 Å². The number of benzene rings is 2. The van der Waals surface area contributed by atoms with Gasteiger partial charge < -0.3 is 19.5 Å². The van der Waals surface area contributed by atoms with Gasteiger partial charge in [0.25, 0.3) is 5.91 Å². The highest BCUT2D eigenvalue weighted by Gasteiger charge is 2.19. The third kappa shape index (κ3) is 5.32. The first-order valence-corrected chi connectivity index (χ1v) is 7.77. The molecule has 2 aromatic rings. The Labute approximate surface area is 146 Å². The zero-order valence-corrected chi connectivity index (χ0v) is 14.4. The predicted molar refractivity (Wildman–Crippen MR) is 93.7 cm³/mol. The van der Waals surface area contributed by atoms with Gasteiger partial charge >= 0.3 is 5.97 Å². The summed E-state index contributed by atoms with van der Waals surface area (Å²) < 4.78 is 15.3. The average Bonchev–Trinajstić information content (AvgIpc) is 2.62. The molecule has 0 aliphatic heterocycles. The van der Waals surface area contributed by atoms with Crippen LogP contribution in [-0.2, 0) is 20.9 Å². The molecule has 0 bridgehead atoms. The first kappa shape index (κ1) is 18.5. The monoisotopic (exact) mass is 343 g/mol. The standard InChI is InChI=1S/C19H21NO5/c1-13(18(21)20-16-7-9-17(24-3)10-8-16)25-19(22)15-6-4-5-14(11-15)12-23-2/h4-11,13H,12H2,1-3H3,(H,20,21)/t13-/m0/s1. The van der Waals surface area contributed by atoms with Gasteiger partial charge in [-0.1, -0.05) is 12.1 Å². The first-order valence-electron chi connectivity index (χ1n) is 7.77. The van der Waals surface area contributed by atoms with Crippen molar-refractivity contribution in [2.45, 2.75) is 19.6 Å². The van der Waals surface area contributed by atoms with Gasteiger partial charge in [-0.25, -0.2) is 4.79 Å². The van der Waals surface area contributed by atoms with E-state index in [0.29, 0.717) is 23.6 Å². The molecule has 6 heteroatoms. The van der Waals surface area contributed by atoms with E-state index in [1.807, 2.05) is 6.07 Å². The fourth-order valence-corrected chi connectivity index (χ4v) is 2.16. The quantitative estimate of drug-likeness (QED) is 0.782. The minimum Gasteiger partial charge on any atom is -0.497 e. The molecule has 1 N–H and O–H groups in total. The van der Waals surface area contributed by atoms with Crippen molar-refractivity contribution in [2.24, 2.45) is 0 Å². The number of esters is 1. The van der Waals surface area contributed by atoms with Crippen LogP contribution in [0.15, 0.2) is 48.5 Å². The number of anilines is 1. The van der Waals surface area contributed by atoms with Crippen LogP contribution in [0, 0.1) is 0 Å². The number of hydrogen-bond acceptors (Lipinski definition) is 5. The molecule has 6 nitrogen and oxygen atoms in total. The Kier molecular flexibility index (Phi) is 6.54. The second-order valence-corrected chi connectivity index (χ2v) is 5.40. The number of carbonyl (C=O) groups is 2. The Morgan fingerprint density at radius 2 is 1.80 bits per heavy atom. The van der Waals surface area contributed by atoms with E-state index in [-0.39, 0.29) is 0 Å². The zero-order chi connectivity index (χ0) is 18.2. The topological polar surface area (TPSA) is 73.9 Å². The minimum atomic E-state index is -0.930. The van der Waals surface area contributed by atoms with E-state index in [2.05, 4.69) is 5.32 Å². The number of methoxy groups -OCH3 is 2. The van der Waals surface area contributed by atoms with E-state index in [1.54, 1.807) is 56.7 Å². The highest BCUT2D eigenvalue weighted by molar-refractivity contribution is 5.97. The van der Waals surface area contributed by atoms with Crippen LogP contribution in [0.2, 0.25) is 0 Å². The normalized spacial score (nSPS) is 11.5. The van der Waals surface area contributed by atoms with Gasteiger partial charge in [0, 0.05) is 12.8 Å². The molecule has 0 aliphatic rings. The molecule has 25 heavy (non-hydrogen) atoms. The van der Waals surface area contributed by atoms with Crippen molar-refractivity contribution in [2.75, 3.05) is 19.5 Å². The van der Waals surface area contributed by atoms with Gasteiger partial charge in [-0.05, 0) is 48.9 Å². The number of carbonyl (C=O) groups excluding carboxylic acids is 2. The molecule has 0 aliphatic carbocycles. The van der Waals surface area contributed by atoms with Crippen molar-refractivity contribution in [3.05, 3.63) is 59.7 Å². The molecule has 2 aromatic carbocycles. The lowest BCUT2D eigenvalue weighted by atomic mass is 10.1. The summed E-state index contributed by atoms with van der Waals surface area (Å²) in [7, 11) is 3.15. The summed E-state index contributed by atoms with van der Waals surface area (Å²) in [6.45, 7) is 1.92. The van der Waals surface area contributed by atoms with Crippen molar-refractivity contribution in [3.63, 3.8) is 0 Å². The van der Waals surface area contributed by atoms with Crippen LogP contribution >= 0.6 is 0 Å². The van der Waals surface area contributed by atoms with Gasteiger partial charge in [0.05, 0.1) is 19.3 Å². The van der Waals surface area contributed by atoms with E-state index in [0.717, 1.165) is 5.56 Å². The molecule has 0 saturated heterocycles. The Hall–Kier alpha value is -2.86.